The molecular weight excluding hydrogens is 200 g/mol. The molecule has 0 spiro atoms. The summed E-state index contributed by atoms with van der Waals surface area (Å²) in [5.74, 6) is -0.434. The molecule has 0 bridgehead atoms. The Hall–Kier alpha value is -1.42. The first-order valence-electron chi connectivity index (χ1n) is 4.62. The Morgan fingerprint density at radius 3 is 2.80 bits per heavy atom. The molecule has 0 fully saturated rings. The van der Waals surface area contributed by atoms with Gasteiger partial charge in [0.25, 0.3) is 0 Å². The molecule has 0 saturated heterocycles. The first kappa shape index (κ1) is 10.1. The minimum atomic E-state index is -1.76. The van der Waals surface area contributed by atoms with Crippen molar-refractivity contribution in [2.45, 2.75) is 12.6 Å². The Morgan fingerprint density at radius 2 is 2.20 bits per heavy atom. The monoisotopic (exact) mass is 211 g/mol. The Labute approximate surface area is 85.7 Å². The van der Waals surface area contributed by atoms with Crippen LogP contribution in [0.4, 0.5) is 8.78 Å². The fourth-order valence-electron chi connectivity index (χ4n) is 1.38. The number of benzene rings is 1. The third-order valence-electron chi connectivity index (χ3n) is 2.39. The van der Waals surface area contributed by atoms with Crippen LogP contribution in [0.25, 0.3) is 11.0 Å². The maximum Gasteiger partial charge on any atom is 0.177 e. The van der Waals surface area contributed by atoms with Crippen LogP contribution in [0.15, 0.2) is 28.7 Å². The number of nitrogens with two attached hydrogens (primary N) is 1. The van der Waals surface area contributed by atoms with E-state index in [0.29, 0.717) is 5.39 Å². The summed E-state index contributed by atoms with van der Waals surface area (Å²) >= 11 is 0. The van der Waals surface area contributed by atoms with Crippen molar-refractivity contribution in [2.24, 2.45) is 5.73 Å². The molecule has 1 aromatic heterocycles. The fraction of sp³-hybridized carbons (Fsp3) is 0.273. The molecule has 0 radical (unpaired) electrons. The summed E-state index contributed by atoms with van der Waals surface area (Å²) in [7, 11) is 0. The van der Waals surface area contributed by atoms with Crippen LogP contribution < -0.4 is 5.73 Å². The molecular formula is C11H11F2NO. The number of alkyl halides is 1. The zero-order chi connectivity index (χ0) is 11.1. The molecule has 1 aromatic carbocycles. The number of rotatable bonds is 2. The number of halogens is 2. The largest absolute Gasteiger partial charge is 0.455 e. The van der Waals surface area contributed by atoms with E-state index in [0.717, 1.165) is 0 Å². The molecule has 1 heterocycles. The van der Waals surface area contributed by atoms with Gasteiger partial charge in [0.05, 0.1) is 0 Å². The lowest BCUT2D eigenvalue weighted by Crippen LogP contribution is -2.25. The molecule has 1 atom stereocenters. The van der Waals surface area contributed by atoms with Crippen molar-refractivity contribution in [3.63, 3.8) is 0 Å². The van der Waals surface area contributed by atoms with Crippen LogP contribution in [0.2, 0.25) is 0 Å². The van der Waals surface area contributed by atoms with Gasteiger partial charge in [0.1, 0.15) is 5.76 Å². The van der Waals surface area contributed by atoms with E-state index in [4.69, 9.17) is 10.2 Å². The summed E-state index contributed by atoms with van der Waals surface area (Å²) in [6, 6.07) is 5.96. The number of hydrogen-bond acceptors (Lipinski definition) is 2. The van der Waals surface area contributed by atoms with Crippen LogP contribution in [0.1, 0.15) is 12.7 Å². The molecule has 4 heteroatoms. The van der Waals surface area contributed by atoms with Crippen molar-refractivity contribution < 1.29 is 13.2 Å². The van der Waals surface area contributed by atoms with Gasteiger partial charge < -0.3 is 10.2 Å². The van der Waals surface area contributed by atoms with Gasteiger partial charge in [0.2, 0.25) is 0 Å². The van der Waals surface area contributed by atoms with Crippen LogP contribution >= 0.6 is 0 Å². The molecule has 0 aliphatic heterocycles. The maximum absolute atomic E-state index is 13.8. The Morgan fingerprint density at radius 1 is 1.47 bits per heavy atom. The van der Waals surface area contributed by atoms with Crippen molar-refractivity contribution in [1.29, 1.82) is 0 Å². The fourth-order valence-corrected chi connectivity index (χ4v) is 1.38. The molecule has 1 unspecified atom stereocenters. The molecule has 2 N–H and O–H groups in total. The zero-order valence-electron chi connectivity index (χ0n) is 8.26. The normalized spacial score (nSPS) is 15.5. The minimum absolute atomic E-state index is 0.0603. The number of hydrogen-bond donors (Lipinski definition) is 1. The molecule has 2 rings (SSSR count). The summed E-state index contributed by atoms with van der Waals surface area (Å²) in [6.45, 7) is 1.11. The Bertz CT molecular complexity index is 490. The quantitative estimate of drug-likeness (QED) is 0.829. The van der Waals surface area contributed by atoms with Crippen molar-refractivity contribution in [1.82, 2.24) is 0 Å². The van der Waals surface area contributed by atoms with Crippen LogP contribution in [-0.2, 0) is 5.67 Å². The second-order valence-electron chi connectivity index (χ2n) is 3.67. The van der Waals surface area contributed by atoms with E-state index in [1.54, 1.807) is 12.1 Å². The lowest BCUT2D eigenvalue weighted by atomic mass is 10.1. The number of fused-ring (bicyclic) bond motifs is 1. The predicted octanol–water partition coefficient (Wildman–Crippen LogP) is 2.72. The summed E-state index contributed by atoms with van der Waals surface area (Å²) in [5.41, 5.74) is 3.58. The average Bonchev–Trinajstić information content (AvgIpc) is 2.64. The summed E-state index contributed by atoms with van der Waals surface area (Å²) in [6.07, 6.45) is 0. The predicted molar refractivity (Wildman–Crippen MR) is 53.7 cm³/mol. The summed E-state index contributed by atoms with van der Waals surface area (Å²) in [4.78, 5) is 0. The maximum atomic E-state index is 13.8. The number of furan rings is 1. The first-order chi connectivity index (χ1) is 7.04. The highest BCUT2D eigenvalue weighted by atomic mass is 19.1. The molecule has 80 valence electrons. The Kier molecular flexibility index (Phi) is 2.23. The molecule has 2 nitrogen and oxygen atoms in total. The van der Waals surface area contributed by atoms with Crippen LogP contribution in [-0.4, -0.2) is 6.54 Å². The van der Waals surface area contributed by atoms with E-state index in [2.05, 4.69) is 0 Å². The molecule has 15 heavy (non-hydrogen) atoms. The van der Waals surface area contributed by atoms with Crippen LogP contribution in [0, 0.1) is 5.82 Å². The second-order valence-corrected chi connectivity index (χ2v) is 3.67. The van der Waals surface area contributed by atoms with E-state index >= 15 is 0 Å². The van der Waals surface area contributed by atoms with Gasteiger partial charge in [0.15, 0.2) is 17.1 Å². The van der Waals surface area contributed by atoms with Crippen LogP contribution in [0.5, 0.6) is 0 Å². The highest BCUT2D eigenvalue weighted by Crippen LogP contribution is 2.31. The van der Waals surface area contributed by atoms with Gasteiger partial charge in [-0.2, -0.15) is 0 Å². The molecule has 2 aromatic rings. The third-order valence-corrected chi connectivity index (χ3v) is 2.39. The summed E-state index contributed by atoms with van der Waals surface area (Å²) in [5, 5.41) is 0.544. The van der Waals surface area contributed by atoms with Crippen molar-refractivity contribution in [3.05, 3.63) is 35.8 Å². The third kappa shape index (κ3) is 1.61. The van der Waals surface area contributed by atoms with Crippen molar-refractivity contribution in [3.8, 4) is 0 Å². The van der Waals surface area contributed by atoms with Crippen molar-refractivity contribution >= 4 is 11.0 Å². The molecule has 0 saturated carbocycles. The van der Waals surface area contributed by atoms with Gasteiger partial charge in [-0.25, -0.2) is 8.78 Å². The Balaban J connectivity index is 2.62. The van der Waals surface area contributed by atoms with E-state index in [1.165, 1.54) is 19.1 Å². The second kappa shape index (κ2) is 3.31. The van der Waals surface area contributed by atoms with Gasteiger partial charge in [-0.05, 0) is 19.1 Å². The van der Waals surface area contributed by atoms with Gasteiger partial charge >= 0.3 is 0 Å². The highest BCUT2D eigenvalue weighted by molar-refractivity contribution is 5.78. The molecule has 0 aliphatic rings. The molecule has 0 amide bonds. The van der Waals surface area contributed by atoms with E-state index in [-0.39, 0.29) is 17.9 Å². The topological polar surface area (TPSA) is 39.2 Å². The lowest BCUT2D eigenvalue weighted by molar-refractivity contribution is 0.167. The molecule has 0 aliphatic carbocycles. The smallest absolute Gasteiger partial charge is 0.177 e. The van der Waals surface area contributed by atoms with Crippen molar-refractivity contribution in [2.75, 3.05) is 6.54 Å². The van der Waals surface area contributed by atoms with E-state index in [9.17, 15) is 8.78 Å². The van der Waals surface area contributed by atoms with Crippen LogP contribution in [0.3, 0.4) is 0 Å². The lowest BCUT2D eigenvalue weighted by Gasteiger charge is -2.13. The van der Waals surface area contributed by atoms with Gasteiger partial charge in [-0.15, -0.1) is 0 Å². The minimum Gasteiger partial charge on any atom is -0.455 e. The van der Waals surface area contributed by atoms with E-state index in [1.807, 2.05) is 0 Å². The van der Waals surface area contributed by atoms with E-state index < -0.39 is 11.5 Å². The SMILES string of the molecule is CC(F)(CN)c1cc2cccc(F)c2o1. The zero-order valence-corrected chi connectivity index (χ0v) is 8.26. The number of para-hydroxylation sites is 1. The van der Waals surface area contributed by atoms with Gasteiger partial charge in [0, 0.05) is 11.9 Å². The van der Waals surface area contributed by atoms with Gasteiger partial charge in [-0.3, -0.25) is 0 Å². The average molecular weight is 211 g/mol. The summed E-state index contributed by atoms with van der Waals surface area (Å²) < 4.78 is 32.1. The van der Waals surface area contributed by atoms with Gasteiger partial charge in [-0.1, -0.05) is 12.1 Å². The highest BCUT2D eigenvalue weighted by Gasteiger charge is 2.28. The standard InChI is InChI=1S/C11H11F2NO/c1-11(13,6-14)9-5-7-3-2-4-8(12)10(7)15-9/h2-5H,6,14H2,1H3. The first-order valence-corrected chi connectivity index (χ1v) is 4.62.